The van der Waals surface area contributed by atoms with Gasteiger partial charge in [-0.05, 0) is 25.0 Å². The Balaban J connectivity index is 3.38. The topological polar surface area (TPSA) is 43.1 Å². The summed E-state index contributed by atoms with van der Waals surface area (Å²) >= 11 is 0. The maximum absolute atomic E-state index is 13.3. The van der Waals surface area contributed by atoms with Crippen LogP contribution in [0.1, 0.15) is 18.1 Å². The lowest BCUT2D eigenvalue weighted by molar-refractivity contribution is -0.385. The van der Waals surface area contributed by atoms with Crippen LogP contribution >= 0.6 is 0 Å². The zero-order chi connectivity index (χ0) is 10.0. The summed E-state index contributed by atoms with van der Waals surface area (Å²) < 4.78 is 13.3. The van der Waals surface area contributed by atoms with E-state index >= 15 is 0 Å². The number of benzene rings is 1. The molecule has 0 fully saturated rings. The average Bonchev–Trinajstić information content (AvgIpc) is 2.09. The molecule has 0 bridgehead atoms. The van der Waals surface area contributed by atoms with Gasteiger partial charge < -0.3 is 0 Å². The van der Waals surface area contributed by atoms with Gasteiger partial charge in [0.1, 0.15) is 5.82 Å². The average molecular weight is 183 g/mol. The van der Waals surface area contributed by atoms with Crippen molar-refractivity contribution in [3.8, 4) is 0 Å². The molecule has 0 aliphatic heterocycles. The van der Waals surface area contributed by atoms with Crippen molar-refractivity contribution in [2.45, 2.75) is 20.3 Å². The molecule has 0 unspecified atom stereocenters. The second-order valence-corrected chi connectivity index (χ2v) is 2.80. The van der Waals surface area contributed by atoms with Crippen molar-refractivity contribution < 1.29 is 9.31 Å². The van der Waals surface area contributed by atoms with Crippen LogP contribution in [0.2, 0.25) is 0 Å². The Hall–Kier alpha value is -1.45. The molecule has 0 heterocycles. The third-order valence-corrected chi connectivity index (χ3v) is 1.96. The van der Waals surface area contributed by atoms with Crippen molar-refractivity contribution >= 4 is 5.69 Å². The van der Waals surface area contributed by atoms with Gasteiger partial charge in [-0.2, -0.15) is 0 Å². The van der Waals surface area contributed by atoms with Crippen molar-refractivity contribution in [3.05, 3.63) is 39.2 Å². The molecule has 0 saturated carbocycles. The highest BCUT2D eigenvalue weighted by Gasteiger charge is 2.17. The molecule has 0 N–H and O–H groups in total. The van der Waals surface area contributed by atoms with Gasteiger partial charge in [0, 0.05) is 6.07 Å². The fourth-order valence-corrected chi connectivity index (χ4v) is 1.24. The Kier molecular flexibility index (Phi) is 2.60. The molecule has 0 aliphatic rings. The second kappa shape index (κ2) is 3.51. The third-order valence-electron chi connectivity index (χ3n) is 1.96. The van der Waals surface area contributed by atoms with Crippen LogP contribution in [0, 0.1) is 22.9 Å². The lowest BCUT2D eigenvalue weighted by Crippen LogP contribution is -1.99. The van der Waals surface area contributed by atoms with E-state index in [1.165, 1.54) is 12.1 Å². The smallest absolute Gasteiger partial charge is 0.258 e. The van der Waals surface area contributed by atoms with Crippen molar-refractivity contribution in [2.24, 2.45) is 0 Å². The fraction of sp³-hybridized carbons (Fsp3) is 0.333. The molecule has 0 aromatic heterocycles. The minimum absolute atomic E-state index is 0.134. The number of hydrogen-bond donors (Lipinski definition) is 0. The molecule has 13 heavy (non-hydrogen) atoms. The number of aryl methyl sites for hydroxylation is 1. The fourth-order valence-electron chi connectivity index (χ4n) is 1.24. The highest BCUT2D eigenvalue weighted by atomic mass is 19.1. The standard InChI is InChI=1S/C9H10FNO2/c1-3-7-8(11(12)13)5-4-6(2)9(7)10/h4-5H,3H2,1-2H3. The predicted octanol–water partition coefficient (Wildman–Crippen LogP) is 2.60. The zero-order valence-electron chi connectivity index (χ0n) is 7.50. The van der Waals surface area contributed by atoms with Crippen LogP contribution in [-0.2, 0) is 6.42 Å². The van der Waals surface area contributed by atoms with E-state index < -0.39 is 10.7 Å². The van der Waals surface area contributed by atoms with E-state index in [1.54, 1.807) is 13.8 Å². The number of hydrogen-bond acceptors (Lipinski definition) is 2. The predicted molar refractivity (Wildman–Crippen MR) is 47.2 cm³/mol. The first-order valence-electron chi connectivity index (χ1n) is 4.00. The van der Waals surface area contributed by atoms with E-state index in [1.807, 2.05) is 0 Å². The largest absolute Gasteiger partial charge is 0.275 e. The monoisotopic (exact) mass is 183 g/mol. The van der Waals surface area contributed by atoms with E-state index in [9.17, 15) is 14.5 Å². The first kappa shape index (κ1) is 9.64. The summed E-state index contributed by atoms with van der Waals surface area (Å²) in [6.45, 7) is 3.29. The SMILES string of the molecule is CCc1c([N+](=O)[O-])ccc(C)c1F. The van der Waals surface area contributed by atoms with E-state index in [0.29, 0.717) is 12.0 Å². The van der Waals surface area contributed by atoms with Gasteiger partial charge in [-0.15, -0.1) is 0 Å². The third kappa shape index (κ3) is 1.66. The number of rotatable bonds is 2. The highest BCUT2D eigenvalue weighted by molar-refractivity contribution is 5.43. The van der Waals surface area contributed by atoms with Crippen molar-refractivity contribution in [1.82, 2.24) is 0 Å². The number of nitro benzene ring substituents is 1. The molecular formula is C9H10FNO2. The number of halogens is 1. The van der Waals surface area contributed by atoms with Gasteiger partial charge in [-0.1, -0.05) is 6.92 Å². The van der Waals surface area contributed by atoms with Gasteiger partial charge in [0.15, 0.2) is 0 Å². The van der Waals surface area contributed by atoms with E-state index in [0.717, 1.165) is 0 Å². The maximum Gasteiger partial charge on any atom is 0.275 e. The van der Waals surface area contributed by atoms with Crippen LogP contribution in [0.25, 0.3) is 0 Å². The molecule has 0 amide bonds. The summed E-state index contributed by atoms with van der Waals surface area (Å²) in [6, 6.07) is 2.77. The van der Waals surface area contributed by atoms with Crippen LogP contribution < -0.4 is 0 Å². The molecule has 70 valence electrons. The molecular weight excluding hydrogens is 173 g/mol. The molecule has 1 aromatic rings. The Labute approximate surface area is 75.3 Å². The Morgan fingerprint density at radius 1 is 1.54 bits per heavy atom. The lowest BCUT2D eigenvalue weighted by atomic mass is 10.1. The van der Waals surface area contributed by atoms with Crippen LogP contribution in [-0.4, -0.2) is 4.92 Å². The normalized spacial score (nSPS) is 10.1. The highest BCUT2D eigenvalue weighted by Crippen LogP contribution is 2.24. The molecule has 0 aliphatic carbocycles. The van der Waals surface area contributed by atoms with Gasteiger partial charge in [-0.25, -0.2) is 4.39 Å². The van der Waals surface area contributed by atoms with Crippen LogP contribution in [0.15, 0.2) is 12.1 Å². The molecule has 0 radical (unpaired) electrons. The molecule has 1 rings (SSSR count). The molecule has 1 aromatic carbocycles. The van der Waals surface area contributed by atoms with Crippen molar-refractivity contribution in [2.75, 3.05) is 0 Å². The van der Waals surface area contributed by atoms with Crippen LogP contribution in [0.5, 0.6) is 0 Å². The Morgan fingerprint density at radius 3 is 2.62 bits per heavy atom. The summed E-state index contributed by atoms with van der Waals surface area (Å²) in [5.74, 6) is -0.461. The second-order valence-electron chi connectivity index (χ2n) is 2.80. The Bertz CT molecular complexity index is 350. The summed E-state index contributed by atoms with van der Waals surface area (Å²) in [6.07, 6.45) is 0.337. The molecule has 0 saturated heterocycles. The molecule has 4 heteroatoms. The zero-order valence-corrected chi connectivity index (χ0v) is 7.50. The van der Waals surface area contributed by atoms with E-state index in [2.05, 4.69) is 0 Å². The number of nitro groups is 1. The molecule has 0 atom stereocenters. The molecule has 3 nitrogen and oxygen atoms in total. The summed E-state index contributed by atoms with van der Waals surface area (Å²) in [5.41, 5.74) is 0.498. The van der Waals surface area contributed by atoms with Crippen molar-refractivity contribution in [1.29, 1.82) is 0 Å². The van der Waals surface area contributed by atoms with Gasteiger partial charge in [0.05, 0.1) is 10.5 Å². The summed E-state index contributed by atoms with van der Waals surface area (Å²) in [5, 5.41) is 10.5. The quantitative estimate of drug-likeness (QED) is 0.522. The summed E-state index contributed by atoms with van der Waals surface area (Å²) in [4.78, 5) is 9.93. The first-order chi connectivity index (χ1) is 6.07. The van der Waals surface area contributed by atoms with Gasteiger partial charge >= 0.3 is 0 Å². The van der Waals surface area contributed by atoms with E-state index in [-0.39, 0.29) is 11.3 Å². The summed E-state index contributed by atoms with van der Waals surface area (Å²) in [7, 11) is 0. The van der Waals surface area contributed by atoms with Crippen molar-refractivity contribution in [3.63, 3.8) is 0 Å². The lowest BCUT2D eigenvalue weighted by Gasteiger charge is -2.03. The van der Waals surface area contributed by atoms with Gasteiger partial charge in [-0.3, -0.25) is 10.1 Å². The minimum Gasteiger partial charge on any atom is -0.258 e. The molecule has 0 spiro atoms. The first-order valence-corrected chi connectivity index (χ1v) is 4.00. The van der Waals surface area contributed by atoms with Gasteiger partial charge in [0.25, 0.3) is 5.69 Å². The minimum atomic E-state index is -0.554. The van der Waals surface area contributed by atoms with E-state index in [4.69, 9.17) is 0 Å². The Morgan fingerprint density at radius 2 is 2.15 bits per heavy atom. The number of nitrogens with zero attached hydrogens (tertiary/aromatic N) is 1. The van der Waals surface area contributed by atoms with Gasteiger partial charge in [0.2, 0.25) is 0 Å². The van der Waals surface area contributed by atoms with Crippen LogP contribution in [0.4, 0.5) is 10.1 Å². The van der Waals surface area contributed by atoms with Crippen LogP contribution in [0.3, 0.4) is 0 Å². The maximum atomic E-state index is 13.3.